The van der Waals surface area contributed by atoms with Crippen LogP contribution in [0.15, 0.2) is 54.6 Å². The van der Waals surface area contributed by atoms with Crippen molar-refractivity contribution >= 4 is 5.97 Å². The Morgan fingerprint density at radius 2 is 1.72 bits per heavy atom. The van der Waals surface area contributed by atoms with Gasteiger partial charge in [-0.3, -0.25) is 0 Å². The molecule has 18 heavy (non-hydrogen) atoms. The molecule has 0 aromatic heterocycles. The molecule has 0 amide bonds. The van der Waals surface area contributed by atoms with Crippen LogP contribution in [0.4, 0.5) is 0 Å². The van der Waals surface area contributed by atoms with Crippen LogP contribution >= 0.6 is 0 Å². The van der Waals surface area contributed by atoms with Crippen molar-refractivity contribution in [1.82, 2.24) is 0 Å². The summed E-state index contributed by atoms with van der Waals surface area (Å²) < 4.78 is 5.48. The summed E-state index contributed by atoms with van der Waals surface area (Å²) in [5.74, 6) is -0.196. The van der Waals surface area contributed by atoms with Crippen LogP contribution < -0.4 is 0 Å². The molecule has 2 heteroatoms. The number of hydrogen-bond donors (Lipinski definition) is 0. The second-order valence-corrected chi connectivity index (χ2v) is 4.58. The van der Waals surface area contributed by atoms with Crippen LogP contribution in [0.1, 0.15) is 21.5 Å². The maximum absolute atomic E-state index is 11.9. The number of cyclic esters (lactones) is 1. The summed E-state index contributed by atoms with van der Waals surface area (Å²) in [6, 6.07) is 17.8. The summed E-state index contributed by atoms with van der Waals surface area (Å²) in [5, 5.41) is 0. The maximum Gasteiger partial charge on any atom is 0.338 e. The number of fused-ring (bicyclic) bond motifs is 1. The largest absolute Gasteiger partial charge is 0.458 e. The topological polar surface area (TPSA) is 26.3 Å². The van der Waals surface area contributed by atoms with Crippen molar-refractivity contribution in [3.05, 3.63) is 71.3 Å². The van der Waals surface area contributed by atoms with Gasteiger partial charge in [-0.2, -0.15) is 0 Å². The van der Waals surface area contributed by atoms with Crippen molar-refractivity contribution in [2.45, 2.75) is 18.9 Å². The second-order valence-electron chi connectivity index (χ2n) is 4.58. The molecule has 0 saturated heterocycles. The number of rotatable bonds is 2. The molecular weight excluding hydrogens is 224 g/mol. The fraction of sp³-hybridized carbons (Fsp3) is 0.188. The highest BCUT2D eigenvalue weighted by molar-refractivity contribution is 5.92. The molecule has 0 spiro atoms. The fourth-order valence-electron chi connectivity index (χ4n) is 2.39. The van der Waals surface area contributed by atoms with Crippen molar-refractivity contribution in [3.63, 3.8) is 0 Å². The highest BCUT2D eigenvalue weighted by Gasteiger charge is 2.25. The molecule has 0 N–H and O–H groups in total. The van der Waals surface area contributed by atoms with Crippen LogP contribution in [0.3, 0.4) is 0 Å². The van der Waals surface area contributed by atoms with Crippen LogP contribution in [0.2, 0.25) is 0 Å². The Kier molecular flexibility index (Phi) is 2.85. The molecule has 2 aromatic rings. The smallest absolute Gasteiger partial charge is 0.338 e. The zero-order valence-electron chi connectivity index (χ0n) is 10.0. The van der Waals surface area contributed by atoms with Crippen LogP contribution in [0, 0.1) is 0 Å². The van der Waals surface area contributed by atoms with Crippen molar-refractivity contribution in [1.29, 1.82) is 0 Å². The summed E-state index contributed by atoms with van der Waals surface area (Å²) >= 11 is 0. The van der Waals surface area contributed by atoms with Gasteiger partial charge in [0.1, 0.15) is 6.10 Å². The monoisotopic (exact) mass is 238 g/mol. The third-order valence-electron chi connectivity index (χ3n) is 3.26. The predicted molar refractivity (Wildman–Crippen MR) is 69.5 cm³/mol. The van der Waals surface area contributed by atoms with E-state index in [1.807, 2.05) is 42.5 Å². The number of benzene rings is 2. The fourth-order valence-corrected chi connectivity index (χ4v) is 2.39. The normalized spacial score (nSPS) is 18.0. The molecule has 0 saturated carbocycles. The molecule has 3 rings (SSSR count). The van der Waals surface area contributed by atoms with E-state index in [1.54, 1.807) is 0 Å². The molecule has 0 radical (unpaired) electrons. The van der Waals surface area contributed by atoms with Crippen LogP contribution in [0.5, 0.6) is 0 Å². The minimum Gasteiger partial charge on any atom is -0.458 e. The van der Waals surface area contributed by atoms with Gasteiger partial charge in [-0.05, 0) is 17.2 Å². The average Bonchev–Trinajstić information content (AvgIpc) is 2.40. The predicted octanol–water partition coefficient (Wildman–Crippen LogP) is 3.01. The number of carbonyl (C=O) groups excluding carboxylic acids is 1. The van der Waals surface area contributed by atoms with E-state index in [0.717, 1.165) is 18.4 Å². The number of ether oxygens (including phenoxy) is 1. The van der Waals surface area contributed by atoms with E-state index < -0.39 is 0 Å². The van der Waals surface area contributed by atoms with Crippen molar-refractivity contribution in [2.24, 2.45) is 0 Å². The van der Waals surface area contributed by atoms with Crippen molar-refractivity contribution in [2.75, 3.05) is 0 Å². The molecule has 0 fully saturated rings. The highest BCUT2D eigenvalue weighted by Crippen LogP contribution is 2.22. The van der Waals surface area contributed by atoms with Gasteiger partial charge in [-0.25, -0.2) is 4.79 Å². The molecular formula is C16H14O2. The van der Waals surface area contributed by atoms with E-state index in [2.05, 4.69) is 12.1 Å². The first-order valence-electron chi connectivity index (χ1n) is 6.16. The third-order valence-corrected chi connectivity index (χ3v) is 3.26. The second kappa shape index (κ2) is 4.65. The number of hydrogen-bond acceptors (Lipinski definition) is 2. The van der Waals surface area contributed by atoms with Gasteiger partial charge >= 0.3 is 5.97 Å². The maximum atomic E-state index is 11.9. The molecule has 90 valence electrons. The number of esters is 1. The van der Waals surface area contributed by atoms with Crippen LogP contribution in [-0.4, -0.2) is 12.1 Å². The quantitative estimate of drug-likeness (QED) is 0.752. The molecule has 2 aromatic carbocycles. The molecule has 1 aliphatic heterocycles. The Morgan fingerprint density at radius 3 is 2.56 bits per heavy atom. The van der Waals surface area contributed by atoms with Gasteiger partial charge in [0, 0.05) is 12.8 Å². The van der Waals surface area contributed by atoms with Crippen molar-refractivity contribution in [3.8, 4) is 0 Å². The zero-order valence-corrected chi connectivity index (χ0v) is 10.0. The standard InChI is InChI=1S/C16H14O2/c17-16-15-9-5-4-8-13(15)11-14(18-16)10-12-6-2-1-3-7-12/h1-9,14H,10-11H2/t14-/m0/s1. The van der Waals surface area contributed by atoms with E-state index in [1.165, 1.54) is 5.56 Å². The van der Waals surface area contributed by atoms with Gasteiger partial charge in [-0.15, -0.1) is 0 Å². The van der Waals surface area contributed by atoms with Crippen LogP contribution in [0.25, 0.3) is 0 Å². The summed E-state index contributed by atoms with van der Waals surface area (Å²) in [5.41, 5.74) is 3.01. The molecule has 0 bridgehead atoms. The molecule has 1 aliphatic rings. The van der Waals surface area contributed by atoms with E-state index in [-0.39, 0.29) is 12.1 Å². The van der Waals surface area contributed by atoms with E-state index >= 15 is 0 Å². The average molecular weight is 238 g/mol. The van der Waals surface area contributed by atoms with Crippen LogP contribution in [-0.2, 0) is 17.6 Å². The summed E-state index contributed by atoms with van der Waals surface area (Å²) in [6.45, 7) is 0. The minimum absolute atomic E-state index is 0.0465. The summed E-state index contributed by atoms with van der Waals surface area (Å²) in [6.07, 6.45) is 1.53. The van der Waals surface area contributed by atoms with Gasteiger partial charge in [0.15, 0.2) is 0 Å². The third kappa shape index (κ3) is 2.14. The molecule has 0 aliphatic carbocycles. The van der Waals surface area contributed by atoms with E-state index in [9.17, 15) is 4.79 Å². The van der Waals surface area contributed by atoms with Crippen molar-refractivity contribution < 1.29 is 9.53 Å². The molecule has 1 atom stereocenters. The Bertz CT molecular complexity index is 560. The lowest BCUT2D eigenvalue weighted by molar-refractivity contribution is 0.0259. The highest BCUT2D eigenvalue weighted by atomic mass is 16.5. The summed E-state index contributed by atoms with van der Waals surface area (Å²) in [4.78, 5) is 11.9. The van der Waals surface area contributed by atoms with Gasteiger partial charge in [0.2, 0.25) is 0 Å². The lowest BCUT2D eigenvalue weighted by atomic mass is 9.95. The first-order valence-corrected chi connectivity index (χ1v) is 6.16. The molecule has 2 nitrogen and oxygen atoms in total. The molecule has 1 heterocycles. The zero-order chi connectivity index (χ0) is 12.4. The van der Waals surface area contributed by atoms with E-state index in [0.29, 0.717) is 5.56 Å². The van der Waals surface area contributed by atoms with Gasteiger partial charge < -0.3 is 4.74 Å². The Hall–Kier alpha value is -2.09. The summed E-state index contributed by atoms with van der Waals surface area (Å²) in [7, 11) is 0. The lowest BCUT2D eigenvalue weighted by Crippen LogP contribution is -2.29. The van der Waals surface area contributed by atoms with Gasteiger partial charge in [0.25, 0.3) is 0 Å². The Morgan fingerprint density at radius 1 is 1.00 bits per heavy atom. The molecule has 0 unspecified atom stereocenters. The van der Waals surface area contributed by atoms with Gasteiger partial charge in [-0.1, -0.05) is 48.5 Å². The Balaban J connectivity index is 1.80. The lowest BCUT2D eigenvalue weighted by Gasteiger charge is -2.24. The van der Waals surface area contributed by atoms with Gasteiger partial charge in [0.05, 0.1) is 5.56 Å². The SMILES string of the molecule is O=C1O[C@@H](Cc2ccccc2)Cc2ccccc21. The van der Waals surface area contributed by atoms with E-state index in [4.69, 9.17) is 4.74 Å². The number of carbonyl (C=O) groups is 1. The minimum atomic E-state index is -0.196. The first-order chi connectivity index (χ1) is 8.83. The Labute approximate surface area is 106 Å². The first kappa shape index (κ1) is 11.0.